The van der Waals surface area contributed by atoms with Crippen LogP contribution in [-0.2, 0) is 9.13 Å². The third-order valence-corrected chi connectivity index (χ3v) is 8.97. The van der Waals surface area contributed by atoms with Crippen LogP contribution in [0.5, 0.6) is 0 Å². The summed E-state index contributed by atoms with van der Waals surface area (Å²) >= 11 is 2.58. The number of hydrogen-bond acceptors (Lipinski definition) is 2. The van der Waals surface area contributed by atoms with E-state index in [-0.39, 0.29) is 5.30 Å². The summed E-state index contributed by atoms with van der Waals surface area (Å²) in [5.74, 6) is 0. The van der Waals surface area contributed by atoms with Gasteiger partial charge in [-0.3, -0.25) is 9.13 Å². The molecular weight excluding hydrogens is 306 g/mol. The molecule has 15 heavy (non-hydrogen) atoms. The molecule has 0 spiro atoms. The minimum atomic E-state index is -4.64. The Hall–Kier alpha value is 0.0400. The molecule has 1 rings (SSSR count). The van der Waals surface area contributed by atoms with Gasteiger partial charge in [0.25, 0.3) is 7.37 Å². The Labute approximate surface area is 94.9 Å². The molecule has 84 valence electrons. The fourth-order valence-corrected chi connectivity index (χ4v) is 4.55. The van der Waals surface area contributed by atoms with Crippen LogP contribution in [0.1, 0.15) is 0 Å². The Morgan fingerprint density at radius 2 is 1.53 bits per heavy atom. The standard InChI is InChI=1S/C7H9BrO5P2/c8-7(15(11,12)13)14(9,10)6-4-2-1-3-5-6/h1-5,7H,(H,9,10)(H2,11,12,13)/t7-/m1/s1. The molecule has 0 aliphatic rings. The largest absolute Gasteiger partial charge is 0.349 e. The zero-order valence-electron chi connectivity index (χ0n) is 7.39. The molecule has 0 aliphatic heterocycles. The molecule has 0 radical (unpaired) electrons. The first-order chi connectivity index (χ1) is 6.76. The molecular formula is C7H9BrO5P2. The van der Waals surface area contributed by atoms with E-state index in [2.05, 4.69) is 15.9 Å². The highest BCUT2D eigenvalue weighted by atomic mass is 79.9. The Kier molecular flexibility index (Phi) is 3.93. The van der Waals surface area contributed by atoms with E-state index in [9.17, 15) is 14.0 Å². The van der Waals surface area contributed by atoms with Crippen molar-refractivity contribution in [2.45, 2.75) is 4.31 Å². The van der Waals surface area contributed by atoms with Crippen molar-refractivity contribution in [3.63, 3.8) is 0 Å². The third kappa shape index (κ3) is 3.00. The van der Waals surface area contributed by atoms with Crippen molar-refractivity contribution >= 4 is 36.2 Å². The molecule has 0 fully saturated rings. The van der Waals surface area contributed by atoms with E-state index in [1.807, 2.05) is 0 Å². The van der Waals surface area contributed by atoms with E-state index in [0.717, 1.165) is 0 Å². The number of benzene rings is 1. The van der Waals surface area contributed by atoms with Gasteiger partial charge < -0.3 is 14.7 Å². The fraction of sp³-hybridized carbons (Fsp3) is 0.143. The second kappa shape index (κ2) is 4.50. The van der Waals surface area contributed by atoms with E-state index in [4.69, 9.17) is 9.79 Å². The van der Waals surface area contributed by atoms with Crippen molar-refractivity contribution in [3.8, 4) is 0 Å². The van der Waals surface area contributed by atoms with E-state index in [0.29, 0.717) is 0 Å². The van der Waals surface area contributed by atoms with E-state index in [1.54, 1.807) is 6.07 Å². The van der Waals surface area contributed by atoms with Gasteiger partial charge in [-0.25, -0.2) is 0 Å². The van der Waals surface area contributed by atoms with Gasteiger partial charge in [0.05, 0.1) is 0 Å². The molecule has 0 amide bonds. The molecule has 0 aromatic heterocycles. The highest BCUT2D eigenvalue weighted by Crippen LogP contribution is 2.64. The van der Waals surface area contributed by atoms with Crippen LogP contribution in [0, 0.1) is 0 Å². The van der Waals surface area contributed by atoms with Gasteiger partial charge in [0.2, 0.25) is 0 Å². The Balaban J connectivity index is 3.15. The Morgan fingerprint density at radius 3 is 1.93 bits per heavy atom. The average Bonchev–Trinajstić information content (AvgIpc) is 2.16. The monoisotopic (exact) mass is 314 g/mol. The second-order valence-corrected chi connectivity index (χ2v) is 9.57. The van der Waals surface area contributed by atoms with Crippen molar-refractivity contribution in [2.75, 3.05) is 0 Å². The second-order valence-electron chi connectivity index (χ2n) is 2.86. The first-order valence-electron chi connectivity index (χ1n) is 3.83. The maximum atomic E-state index is 11.8. The van der Waals surface area contributed by atoms with Crippen molar-refractivity contribution in [3.05, 3.63) is 30.3 Å². The lowest BCUT2D eigenvalue weighted by Gasteiger charge is -2.18. The summed E-state index contributed by atoms with van der Waals surface area (Å²) < 4.78 is 20.9. The quantitative estimate of drug-likeness (QED) is 0.579. The van der Waals surface area contributed by atoms with Gasteiger partial charge in [-0.1, -0.05) is 34.1 Å². The lowest BCUT2D eigenvalue weighted by atomic mass is 10.4. The summed E-state index contributed by atoms with van der Waals surface area (Å²) in [6, 6.07) is 7.40. The zero-order valence-corrected chi connectivity index (χ0v) is 10.8. The van der Waals surface area contributed by atoms with Crippen LogP contribution >= 0.6 is 30.9 Å². The summed E-state index contributed by atoms with van der Waals surface area (Å²) in [6.45, 7) is 0. The Bertz CT molecular complexity index is 428. The van der Waals surface area contributed by atoms with Gasteiger partial charge in [0.15, 0.2) is 4.31 Å². The number of alkyl halides is 1. The van der Waals surface area contributed by atoms with Crippen LogP contribution in [0.3, 0.4) is 0 Å². The van der Waals surface area contributed by atoms with Gasteiger partial charge in [0.1, 0.15) is 0 Å². The molecule has 0 heterocycles. The van der Waals surface area contributed by atoms with Crippen LogP contribution in [0.2, 0.25) is 0 Å². The molecule has 1 aromatic carbocycles. The average molecular weight is 315 g/mol. The topological polar surface area (TPSA) is 94.8 Å². The van der Waals surface area contributed by atoms with Crippen LogP contribution < -0.4 is 5.30 Å². The predicted molar refractivity (Wildman–Crippen MR) is 60.7 cm³/mol. The van der Waals surface area contributed by atoms with Crippen molar-refractivity contribution in [1.82, 2.24) is 0 Å². The van der Waals surface area contributed by atoms with Crippen molar-refractivity contribution in [1.29, 1.82) is 0 Å². The van der Waals surface area contributed by atoms with E-state index < -0.39 is 19.3 Å². The minimum Gasteiger partial charge on any atom is -0.340 e. The van der Waals surface area contributed by atoms with Crippen LogP contribution in [0.25, 0.3) is 0 Å². The highest BCUT2D eigenvalue weighted by molar-refractivity contribution is 9.12. The van der Waals surface area contributed by atoms with Gasteiger partial charge in [0, 0.05) is 5.30 Å². The zero-order chi connectivity index (χ0) is 11.7. The van der Waals surface area contributed by atoms with Crippen LogP contribution in [0.4, 0.5) is 0 Å². The molecule has 0 saturated heterocycles. The SMILES string of the molecule is O=P(O)(O)[C@H](Br)P(=O)(O)c1ccccc1. The molecule has 8 heteroatoms. The molecule has 3 N–H and O–H groups in total. The normalized spacial score (nSPS) is 18.1. The van der Waals surface area contributed by atoms with Gasteiger partial charge in [-0.15, -0.1) is 0 Å². The number of rotatable bonds is 3. The molecule has 1 unspecified atom stereocenters. The summed E-state index contributed by atoms with van der Waals surface area (Å²) in [4.78, 5) is 27.2. The summed E-state index contributed by atoms with van der Waals surface area (Å²) in [7, 11) is -8.74. The maximum absolute atomic E-state index is 11.8. The van der Waals surface area contributed by atoms with E-state index in [1.165, 1.54) is 24.3 Å². The number of hydrogen-bond donors (Lipinski definition) is 3. The lowest BCUT2D eigenvalue weighted by molar-refractivity contribution is 0.374. The molecule has 0 saturated carbocycles. The van der Waals surface area contributed by atoms with Crippen molar-refractivity contribution in [2.24, 2.45) is 0 Å². The van der Waals surface area contributed by atoms with Crippen LogP contribution in [-0.4, -0.2) is 19.0 Å². The molecule has 0 bridgehead atoms. The number of halogens is 1. The lowest BCUT2D eigenvalue weighted by Crippen LogP contribution is -2.12. The smallest absolute Gasteiger partial charge is 0.340 e. The molecule has 0 aliphatic carbocycles. The Morgan fingerprint density at radius 1 is 1.07 bits per heavy atom. The molecule has 1 aromatic rings. The minimum absolute atomic E-state index is 0.00944. The first kappa shape index (κ1) is 13.1. The first-order valence-corrected chi connectivity index (χ1v) is 8.16. The highest BCUT2D eigenvalue weighted by Gasteiger charge is 2.43. The third-order valence-electron chi connectivity index (χ3n) is 1.69. The summed E-state index contributed by atoms with van der Waals surface area (Å²) in [6.07, 6.45) is 0. The predicted octanol–water partition coefficient (Wildman–Crippen LogP) is 1.44. The van der Waals surface area contributed by atoms with Gasteiger partial charge in [-0.2, -0.15) is 0 Å². The molecule has 5 nitrogen and oxygen atoms in total. The maximum Gasteiger partial charge on any atom is 0.349 e. The molecule has 2 atom stereocenters. The summed E-state index contributed by atoms with van der Waals surface area (Å²) in [5, 5.41) is 0.00944. The van der Waals surface area contributed by atoms with E-state index >= 15 is 0 Å². The van der Waals surface area contributed by atoms with Crippen LogP contribution in [0.15, 0.2) is 30.3 Å². The summed E-state index contributed by atoms with van der Waals surface area (Å²) in [5.41, 5.74) is 0. The van der Waals surface area contributed by atoms with Crippen molar-refractivity contribution < 1.29 is 23.8 Å². The fourth-order valence-electron chi connectivity index (χ4n) is 0.968. The van der Waals surface area contributed by atoms with Gasteiger partial charge in [-0.05, 0) is 12.1 Å². The van der Waals surface area contributed by atoms with Gasteiger partial charge >= 0.3 is 7.60 Å².